The minimum Gasteiger partial charge on any atom is -0.318 e. The molecule has 2 aromatic rings. The van der Waals surface area contributed by atoms with Gasteiger partial charge < -0.3 is 4.98 Å². The molecule has 1 aromatic carbocycles. The molecule has 96 valence electrons. The quantitative estimate of drug-likeness (QED) is 0.792. The van der Waals surface area contributed by atoms with Crippen molar-refractivity contribution in [2.24, 2.45) is 0 Å². The van der Waals surface area contributed by atoms with Gasteiger partial charge in [-0.05, 0) is 17.0 Å². The summed E-state index contributed by atoms with van der Waals surface area (Å²) in [7, 11) is 0. The molecular formula is C17H11NO2. The van der Waals surface area contributed by atoms with Crippen LogP contribution in [0.4, 0.5) is 0 Å². The van der Waals surface area contributed by atoms with Gasteiger partial charge in [0.05, 0.1) is 5.69 Å². The Morgan fingerprint density at radius 2 is 1.75 bits per heavy atom. The van der Waals surface area contributed by atoms with Crippen molar-refractivity contribution in [2.75, 3.05) is 0 Å². The van der Waals surface area contributed by atoms with Crippen LogP contribution < -0.4 is 5.56 Å². The first-order valence-electron chi connectivity index (χ1n) is 6.52. The predicted octanol–water partition coefficient (Wildman–Crippen LogP) is 2.86. The van der Waals surface area contributed by atoms with Crippen LogP contribution in [0.15, 0.2) is 65.0 Å². The Morgan fingerprint density at radius 1 is 0.950 bits per heavy atom. The number of aromatic amines is 1. The number of fused-ring (bicyclic) bond motifs is 5. The van der Waals surface area contributed by atoms with Crippen LogP contribution in [0.1, 0.15) is 22.0 Å². The summed E-state index contributed by atoms with van der Waals surface area (Å²) in [4.78, 5) is 27.3. The van der Waals surface area contributed by atoms with E-state index in [-0.39, 0.29) is 17.3 Å². The van der Waals surface area contributed by atoms with Crippen molar-refractivity contribution >= 4 is 16.6 Å². The second-order valence-electron chi connectivity index (χ2n) is 4.99. The first-order valence-corrected chi connectivity index (χ1v) is 6.52. The molecule has 0 amide bonds. The molecule has 0 spiro atoms. The molecule has 0 bridgehead atoms. The number of carbonyl (C=O) groups excluding carboxylic acids is 1. The van der Waals surface area contributed by atoms with Crippen LogP contribution in [0, 0.1) is 0 Å². The minimum absolute atomic E-state index is 0.0748. The lowest BCUT2D eigenvalue weighted by molar-refractivity contribution is 0.103. The monoisotopic (exact) mass is 261 g/mol. The van der Waals surface area contributed by atoms with E-state index in [1.165, 1.54) is 0 Å². The van der Waals surface area contributed by atoms with Gasteiger partial charge in [-0.15, -0.1) is 0 Å². The first kappa shape index (κ1) is 11.2. The predicted molar refractivity (Wildman–Crippen MR) is 78.0 cm³/mol. The van der Waals surface area contributed by atoms with Gasteiger partial charge in [0.15, 0.2) is 0 Å². The Morgan fingerprint density at radius 3 is 2.60 bits per heavy atom. The summed E-state index contributed by atoms with van der Waals surface area (Å²) >= 11 is 0. The van der Waals surface area contributed by atoms with Gasteiger partial charge in [0.2, 0.25) is 5.78 Å². The number of aromatic nitrogens is 1. The van der Waals surface area contributed by atoms with E-state index in [1.807, 2.05) is 48.6 Å². The molecule has 0 saturated carbocycles. The number of Topliss-reactive ketones (excluding diaryl/α,β-unsaturated/α-hetero) is 1. The van der Waals surface area contributed by atoms with E-state index in [1.54, 1.807) is 6.07 Å². The number of rotatable bonds is 0. The Balaban J connectivity index is 2.16. The average molecular weight is 261 g/mol. The van der Waals surface area contributed by atoms with E-state index in [9.17, 15) is 9.59 Å². The molecule has 3 nitrogen and oxygen atoms in total. The van der Waals surface area contributed by atoms with Crippen molar-refractivity contribution in [2.45, 2.75) is 5.92 Å². The van der Waals surface area contributed by atoms with Gasteiger partial charge in [-0.3, -0.25) is 9.59 Å². The van der Waals surface area contributed by atoms with Crippen LogP contribution in [-0.4, -0.2) is 10.8 Å². The summed E-state index contributed by atoms with van der Waals surface area (Å²) in [5.74, 6) is -0.154. The van der Waals surface area contributed by atoms with E-state index < -0.39 is 0 Å². The van der Waals surface area contributed by atoms with E-state index in [4.69, 9.17) is 0 Å². The number of hydrogen-bond acceptors (Lipinski definition) is 2. The molecule has 1 heterocycles. The van der Waals surface area contributed by atoms with Gasteiger partial charge in [-0.25, -0.2) is 0 Å². The van der Waals surface area contributed by atoms with Crippen molar-refractivity contribution in [1.82, 2.24) is 4.98 Å². The number of nitrogens with one attached hydrogen (secondary N) is 1. The summed E-state index contributed by atoms with van der Waals surface area (Å²) in [6.45, 7) is 0. The zero-order chi connectivity index (χ0) is 13.7. The minimum atomic E-state index is -0.204. The largest absolute Gasteiger partial charge is 0.318 e. The second kappa shape index (κ2) is 3.90. The van der Waals surface area contributed by atoms with Crippen LogP contribution in [0.2, 0.25) is 0 Å². The number of hydrogen-bond donors (Lipinski definition) is 1. The highest BCUT2D eigenvalue weighted by molar-refractivity contribution is 6.16. The van der Waals surface area contributed by atoms with Crippen molar-refractivity contribution in [3.05, 3.63) is 81.8 Å². The smallest absolute Gasteiger partial charge is 0.256 e. The van der Waals surface area contributed by atoms with Crippen molar-refractivity contribution in [1.29, 1.82) is 0 Å². The molecule has 1 N–H and O–H groups in total. The maximum absolute atomic E-state index is 12.5. The van der Waals surface area contributed by atoms with E-state index >= 15 is 0 Å². The van der Waals surface area contributed by atoms with Crippen LogP contribution in [0.5, 0.6) is 0 Å². The Kier molecular flexibility index (Phi) is 2.18. The number of pyridine rings is 1. The SMILES string of the molecule is O=C1C2=CC=CC=CC2c2c1[nH]c(=O)c1ccccc21. The lowest BCUT2D eigenvalue weighted by atomic mass is 9.94. The molecule has 0 fully saturated rings. The van der Waals surface area contributed by atoms with Gasteiger partial charge in [0, 0.05) is 16.9 Å². The second-order valence-corrected chi connectivity index (χ2v) is 4.99. The molecule has 20 heavy (non-hydrogen) atoms. The number of ketones is 1. The zero-order valence-electron chi connectivity index (χ0n) is 10.6. The van der Waals surface area contributed by atoms with E-state index in [2.05, 4.69) is 4.98 Å². The third-order valence-electron chi connectivity index (χ3n) is 3.91. The Hall–Kier alpha value is -2.68. The molecule has 1 atom stereocenters. The average Bonchev–Trinajstić information content (AvgIpc) is 2.65. The molecule has 4 rings (SSSR count). The van der Waals surface area contributed by atoms with Crippen LogP contribution in [-0.2, 0) is 0 Å². The van der Waals surface area contributed by atoms with Gasteiger partial charge in [-0.2, -0.15) is 0 Å². The summed E-state index contributed by atoms with van der Waals surface area (Å²) < 4.78 is 0. The summed E-state index contributed by atoms with van der Waals surface area (Å²) in [5.41, 5.74) is 1.86. The highest BCUT2D eigenvalue weighted by Crippen LogP contribution is 2.41. The fourth-order valence-electron chi connectivity index (χ4n) is 3.02. The van der Waals surface area contributed by atoms with Gasteiger partial charge in [0.25, 0.3) is 5.56 Å². The standard InChI is InChI=1S/C17H11NO2/c19-16-12-8-3-1-2-6-10(12)14-11-7-4-5-9-13(11)17(20)18-15(14)16/h1-10H,(H,18,20). The molecule has 3 heteroatoms. The fraction of sp³-hybridized carbons (Fsp3) is 0.0588. The summed E-state index contributed by atoms with van der Waals surface area (Å²) in [6, 6.07) is 7.43. The van der Waals surface area contributed by atoms with Gasteiger partial charge >= 0.3 is 0 Å². The van der Waals surface area contributed by atoms with E-state index in [0.29, 0.717) is 11.1 Å². The molecular weight excluding hydrogens is 250 g/mol. The molecule has 2 aliphatic rings. The highest BCUT2D eigenvalue weighted by atomic mass is 16.1. The summed E-state index contributed by atoms with van der Waals surface area (Å²) in [5, 5.41) is 1.49. The van der Waals surface area contributed by atoms with Crippen LogP contribution in [0.25, 0.3) is 10.8 Å². The molecule has 2 aliphatic carbocycles. The third-order valence-corrected chi connectivity index (χ3v) is 3.91. The van der Waals surface area contributed by atoms with Crippen molar-refractivity contribution in [3.63, 3.8) is 0 Å². The third kappa shape index (κ3) is 1.35. The number of H-pyrrole nitrogens is 1. The lowest BCUT2D eigenvalue weighted by Gasteiger charge is -2.09. The Bertz CT molecular complexity index is 897. The van der Waals surface area contributed by atoms with Crippen molar-refractivity contribution < 1.29 is 4.79 Å². The highest BCUT2D eigenvalue weighted by Gasteiger charge is 2.35. The van der Waals surface area contributed by atoms with Crippen LogP contribution >= 0.6 is 0 Å². The topological polar surface area (TPSA) is 49.9 Å². The number of benzene rings is 1. The molecule has 0 aliphatic heterocycles. The summed E-state index contributed by atoms with van der Waals surface area (Å²) in [6.07, 6.45) is 9.54. The zero-order valence-corrected chi connectivity index (χ0v) is 10.6. The van der Waals surface area contributed by atoms with E-state index in [0.717, 1.165) is 16.5 Å². The fourth-order valence-corrected chi connectivity index (χ4v) is 3.02. The lowest BCUT2D eigenvalue weighted by Crippen LogP contribution is -2.12. The van der Waals surface area contributed by atoms with Gasteiger partial charge in [-0.1, -0.05) is 48.6 Å². The molecule has 1 unspecified atom stereocenters. The number of carbonyl (C=O) groups is 1. The normalized spacial score (nSPS) is 19.7. The van der Waals surface area contributed by atoms with Crippen LogP contribution in [0.3, 0.4) is 0 Å². The molecule has 0 saturated heterocycles. The first-order chi connectivity index (χ1) is 9.77. The Labute approximate surface area is 114 Å². The van der Waals surface area contributed by atoms with Crippen molar-refractivity contribution in [3.8, 4) is 0 Å². The maximum atomic E-state index is 12.5. The van der Waals surface area contributed by atoms with Gasteiger partial charge in [0.1, 0.15) is 0 Å². The number of allylic oxidation sites excluding steroid dienone is 6. The maximum Gasteiger partial charge on any atom is 0.256 e. The molecule has 1 aromatic heterocycles. The molecule has 0 radical (unpaired) electrons.